The van der Waals surface area contributed by atoms with Crippen LogP contribution in [0.25, 0.3) is 16.6 Å². The third kappa shape index (κ3) is 1.96. The maximum absolute atomic E-state index is 4.30. The van der Waals surface area contributed by atoms with Gasteiger partial charge >= 0.3 is 0 Å². The predicted molar refractivity (Wildman–Crippen MR) is 85.8 cm³/mol. The Labute approximate surface area is 124 Å². The molecule has 0 bridgehead atoms. The van der Waals surface area contributed by atoms with Gasteiger partial charge in [0.25, 0.3) is 0 Å². The van der Waals surface area contributed by atoms with Crippen LogP contribution in [0, 0.1) is 6.92 Å². The Kier molecular flexibility index (Phi) is 2.82. The molecule has 21 heavy (non-hydrogen) atoms. The fraction of sp³-hybridized carbons (Fsp3) is 0.278. The lowest BCUT2D eigenvalue weighted by molar-refractivity contribution is 0.311. The molecule has 0 unspecified atom stereocenters. The van der Waals surface area contributed by atoms with Gasteiger partial charge in [0.1, 0.15) is 0 Å². The number of fused-ring (bicyclic) bond motifs is 3. The lowest BCUT2D eigenvalue weighted by Gasteiger charge is -2.24. The van der Waals surface area contributed by atoms with E-state index in [1.165, 1.54) is 27.7 Å². The molecule has 1 aromatic carbocycles. The number of hydrogen-bond donors (Lipinski definition) is 0. The van der Waals surface area contributed by atoms with Crippen molar-refractivity contribution < 1.29 is 0 Å². The van der Waals surface area contributed by atoms with Crippen LogP contribution in [-0.2, 0) is 13.0 Å². The zero-order valence-electron chi connectivity index (χ0n) is 12.5. The maximum Gasteiger partial charge on any atom is 0.0642 e. The van der Waals surface area contributed by atoms with Gasteiger partial charge in [-0.15, -0.1) is 0 Å². The highest BCUT2D eigenvalue weighted by molar-refractivity contribution is 5.88. The van der Waals surface area contributed by atoms with Crippen LogP contribution in [0.4, 0.5) is 0 Å². The normalized spacial score (nSPS) is 15.3. The topological polar surface area (TPSA) is 21.1 Å². The second kappa shape index (κ2) is 4.71. The average molecular weight is 277 g/mol. The fourth-order valence-electron chi connectivity index (χ4n) is 3.39. The number of pyridine rings is 1. The van der Waals surface area contributed by atoms with E-state index in [0.29, 0.717) is 0 Å². The summed E-state index contributed by atoms with van der Waals surface area (Å²) in [5.41, 5.74) is 6.71. The lowest BCUT2D eigenvalue weighted by Crippen LogP contribution is -2.27. The minimum Gasteiger partial charge on any atom is -0.312 e. The van der Waals surface area contributed by atoms with Crippen molar-refractivity contribution in [2.75, 3.05) is 13.6 Å². The second-order valence-electron chi connectivity index (χ2n) is 5.98. The molecule has 3 heterocycles. The van der Waals surface area contributed by atoms with E-state index in [1.807, 2.05) is 18.5 Å². The molecule has 3 heteroatoms. The van der Waals surface area contributed by atoms with E-state index in [9.17, 15) is 0 Å². The Balaban J connectivity index is 2.06. The van der Waals surface area contributed by atoms with Crippen molar-refractivity contribution >= 4 is 10.9 Å². The van der Waals surface area contributed by atoms with Crippen LogP contribution in [0.3, 0.4) is 0 Å². The van der Waals surface area contributed by atoms with Crippen molar-refractivity contribution in [1.82, 2.24) is 14.5 Å². The van der Waals surface area contributed by atoms with Gasteiger partial charge in [0.2, 0.25) is 0 Å². The van der Waals surface area contributed by atoms with E-state index in [4.69, 9.17) is 0 Å². The van der Waals surface area contributed by atoms with Gasteiger partial charge in [0, 0.05) is 36.8 Å². The van der Waals surface area contributed by atoms with Crippen molar-refractivity contribution in [3.63, 3.8) is 0 Å². The first-order chi connectivity index (χ1) is 10.2. The maximum atomic E-state index is 4.30. The summed E-state index contributed by atoms with van der Waals surface area (Å²) in [6, 6.07) is 10.9. The van der Waals surface area contributed by atoms with Crippen LogP contribution < -0.4 is 0 Å². The first kappa shape index (κ1) is 12.6. The molecule has 0 atom stereocenters. The Morgan fingerprint density at radius 3 is 2.90 bits per heavy atom. The lowest BCUT2D eigenvalue weighted by atomic mass is 10.0. The van der Waals surface area contributed by atoms with Crippen LogP contribution in [0.15, 0.2) is 42.7 Å². The highest BCUT2D eigenvalue weighted by Crippen LogP contribution is 2.33. The summed E-state index contributed by atoms with van der Waals surface area (Å²) in [7, 11) is 2.20. The molecular weight excluding hydrogens is 258 g/mol. The number of benzene rings is 1. The SMILES string of the molecule is Cc1ccc2c(c1)c1c(n2-c2cccnc2)CCN(C)C1. The van der Waals surface area contributed by atoms with E-state index < -0.39 is 0 Å². The van der Waals surface area contributed by atoms with Gasteiger partial charge < -0.3 is 9.47 Å². The van der Waals surface area contributed by atoms with Crippen LogP contribution in [-0.4, -0.2) is 28.0 Å². The van der Waals surface area contributed by atoms with Crippen LogP contribution in [0.5, 0.6) is 0 Å². The van der Waals surface area contributed by atoms with Crippen molar-refractivity contribution in [1.29, 1.82) is 0 Å². The Bertz CT molecular complexity index is 802. The van der Waals surface area contributed by atoms with Gasteiger partial charge in [-0.05, 0) is 43.8 Å². The molecule has 1 aliphatic heterocycles. The molecule has 0 fully saturated rings. The number of aromatic nitrogens is 2. The summed E-state index contributed by atoms with van der Waals surface area (Å²) >= 11 is 0. The molecule has 3 aromatic rings. The van der Waals surface area contributed by atoms with Crippen molar-refractivity contribution in [3.8, 4) is 5.69 Å². The molecule has 0 saturated carbocycles. The van der Waals surface area contributed by atoms with Gasteiger partial charge in [0.15, 0.2) is 0 Å². The third-order valence-electron chi connectivity index (χ3n) is 4.40. The standard InChI is InChI=1S/C18H19N3/c1-13-5-6-17-15(10-13)16-12-20(2)9-7-18(16)21(17)14-4-3-8-19-11-14/h3-6,8,10-11H,7,9,12H2,1-2H3. The van der Waals surface area contributed by atoms with Gasteiger partial charge in [-0.25, -0.2) is 0 Å². The smallest absolute Gasteiger partial charge is 0.0642 e. The molecule has 0 radical (unpaired) electrons. The summed E-state index contributed by atoms with van der Waals surface area (Å²) in [4.78, 5) is 6.70. The third-order valence-corrected chi connectivity index (χ3v) is 4.40. The summed E-state index contributed by atoms with van der Waals surface area (Å²) in [5, 5.41) is 1.39. The van der Waals surface area contributed by atoms with Gasteiger partial charge in [0.05, 0.1) is 17.4 Å². The Morgan fingerprint density at radius 1 is 1.19 bits per heavy atom. The largest absolute Gasteiger partial charge is 0.312 e. The summed E-state index contributed by atoms with van der Waals surface area (Å²) < 4.78 is 2.39. The molecule has 1 aliphatic rings. The van der Waals surface area contributed by atoms with E-state index in [1.54, 1.807) is 0 Å². The highest BCUT2D eigenvalue weighted by Gasteiger charge is 2.23. The number of rotatable bonds is 1. The molecule has 0 aliphatic carbocycles. The number of nitrogens with zero attached hydrogens (tertiary/aromatic N) is 3. The molecule has 106 valence electrons. The molecule has 0 amide bonds. The minimum absolute atomic E-state index is 1.03. The van der Waals surface area contributed by atoms with Crippen LogP contribution in [0.2, 0.25) is 0 Å². The first-order valence-corrected chi connectivity index (χ1v) is 7.46. The van der Waals surface area contributed by atoms with Crippen LogP contribution in [0.1, 0.15) is 16.8 Å². The highest BCUT2D eigenvalue weighted by atomic mass is 15.1. The quantitative estimate of drug-likeness (QED) is 0.680. The van der Waals surface area contributed by atoms with Gasteiger partial charge in [-0.3, -0.25) is 4.98 Å². The first-order valence-electron chi connectivity index (χ1n) is 7.46. The van der Waals surface area contributed by atoms with Crippen LogP contribution >= 0.6 is 0 Å². The van der Waals surface area contributed by atoms with Gasteiger partial charge in [-0.1, -0.05) is 11.6 Å². The summed E-state index contributed by atoms with van der Waals surface area (Å²) in [6.45, 7) is 4.31. The Hall–Kier alpha value is -2.13. The monoisotopic (exact) mass is 277 g/mol. The zero-order chi connectivity index (χ0) is 14.4. The Morgan fingerprint density at radius 2 is 2.10 bits per heavy atom. The summed E-state index contributed by atoms with van der Waals surface area (Å²) in [5.74, 6) is 0. The van der Waals surface area contributed by atoms with Crippen molar-refractivity contribution in [3.05, 3.63) is 59.5 Å². The van der Waals surface area contributed by atoms with E-state index in [-0.39, 0.29) is 0 Å². The number of hydrogen-bond acceptors (Lipinski definition) is 2. The van der Waals surface area contributed by atoms with E-state index in [0.717, 1.165) is 25.2 Å². The molecule has 2 aromatic heterocycles. The summed E-state index contributed by atoms with van der Waals surface area (Å²) in [6.07, 6.45) is 4.88. The average Bonchev–Trinajstić information content (AvgIpc) is 2.81. The molecular formula is C18H19N3. The molecule has 3 nitrogen and oxygen atoms in total. The zero-order valence-corrected chi connectivity index (χ0v) is 12.5. The fourth-order valence-corrected chi connectivity index (χ4v) is 3.39. The van der Waals surface area contributed by atoms with E-state index >= 15 is 0 Å². The minimum atomic E-state index is 1.03. The number of likely N-dealkylation sites (N-methyl/N-ethyl adjacent to an activating group) is 1. The second-order valence-corrected chi connectivity index (χ2v) is 5.98. The van der Waals surface area contributed by atoms with Crippen molar-refractivity contribution in [2.45, 2.75) is 19.9 Å². The molecule has 4 rings (SSSR count). The number of aryl methyl sites for hydroxylation is 1. The predicted octanol–water partition coefficient (Wildman–Crippen LogP) is 3.32. The molecule has 0 spiro atoms. The van der Waals surface area contributed by atoms with Gasteiger partial charge in [-0.2, -0.15) is 0 Å². The molecule has 0 N–H and O–H groups in total. The van der Waals surface area contributed by atoms with Crippen molar-refractivity contribution in [2.24, 2.45) is 0 Å². The molecule has 0 saturated heterocycles. The van der Waals surface area contributed by atoms with E-state index in [2.05, 4.69) is 52.7 Å².